The summed E-state index contributed by atoms with van der Waals surface area (Å²) in [6.45, 7) is 3.99. The molecule has 0 amide bonds. The highest BCUT2D eigenvalue weighted by atomic mass is 28.4. The van der Waals surface area contributed by atoms with Gasteiger partial charge in [-0.25, -0.2) is 0 Å². The molecule has 0 aliphatic heterocycles. The Morgan fingerprint density at radius 3 is 1.86 bits per heavy atom. The minimum absolute atomic E-state index is 1.65. The molecule has 0 saturated heterocycles. The normalized spacial score (nSPS) is 11.9. The molecule has 0 aliphatic rings. The molecule has 0 aliphatic carbocycles. The molecule has 0 heterocycles. The van der Waals surface area contributed by atoms with Crippen LogP contribution in [0.5, 0.6) is 0 Å². The molecular formula is C3H11BO2Si. The van der Waals surface area contributed by atoms with Crippen LogP contribution in [0.3, 0.4) is 0 Å². The second-order valence-electron chi connectivity index (χ2n) is 1.81. The van der Waals surface area contributed by atoms with E-state index in [0.29, 0.717) is 0 Å². The molecule has 0 radical (unpaired) electrons. The summed E-state index contributed by atoms with van der Waals surface area (Å²) >= 11 is 0. The molecule has 7 heavy (non-hydrogen) atoms. The van der Waals surface area contributed by atoms with Gasteiger partial charge in [0.15, 0.2) is 0 Å². The molecule has 0 atom stereocenters. The smallest absolute Gasteiger partial charge is 0.316 e. The van der Waals surface area contributed by atoms with E-state index >= 15 is 0 Å². The molecule has 0 unspecified atom stereocenters. The minimum Gasteiger partial charge on any atom is -0.463 e. The predicted octanol–water partition coefficient (Wildman–Crippen LogP) is -0.101. The van der Waals surface area contributed by atoms with E-state index in [1.807, 2.05) is 13.1 Å². The summed E-state index contributed by atoms with van der Waals surface area (Å²) in [7, 11) is 1.70. The van der Waals surface area contributed by atoms with Crippen LogP contribution in [-0.4, -0.2) is 23.7 Å². The quantitative estimate of drug-likeness (QED) is 0.471. The Hall–Kier alpha value is 0.202. The minimum atomic E-state index is -1.65. The highest BCUT2D eigenvalue weighted by Crippen LogP contribution is 1.99. The lowest BCUT2D eigenvalue weighted by molar-refractivity contribution is 0.324. The first kappa shape index (κ1) is 7.20. The lowest BCUT2D eigenvalue weighted by atomic mass is 10.6. The zero-order valence-corrected chi connectivity index (χ0v) is 6.32. The topological polar surface area (TPSA) is 18.5 Å². The Kier molecular flexibility index (Phi) is 2.57. The van der Waals surface area contributed by atoms with Crippen molar-refractivity contribution in [2.45, 2.75) is 13.1 Å². The van der Waals surface area contributed by atoms with Crippen molar-refractivity contribution >= 4 is 16.6 Å². The van der Waals surface area contributed by atoms with Crippen molar-refractivity contribution in [1.29, 1.82) is 0 Å². The van der Waals surface area contributed by atoms with Crippen LogP contribution in [-0.2, 0) is 8.77 Å². The van der Waals surface area contributed by atoms with Crippen LogP contribution >= 0.6 is 0 Å². The highest BCUT2D eigenvalue weighted by molar-refractivity contribution is 6.67. The molecule has 4 heteroatoms. The van der Waals surface area contributed by atoms with Crippen LogP contribution < -0.4 is 0 Å². The molecule has 0 fully saturated rings. The van der Waals surface area contributed by atoms with E-state index in [1.54, 1.807) is 15.2 Å². The summed E-state index contributed by atoms with van der Waals surface area (Å²) in [6, 6.07) is 0. The first-order valence-electron chi connectivity index (χ1n) is 2.22. The van der Waals surface area contributed by atoms with Crippen LogP contribution in [0.1, 0.15) is 0 Å². The molecule has 0 N–H and O–H groups in total. The van der Waals surface area contributed by atoms with E-state index in [-0.39, 0.29) is 0 Å². The van der Waals surface area contributed by atoms with Gasteiger partial charge in [-0.2, -0.15) is 0 Å². The lowest BCUT2D eigenvalue weighted by Crippen LogP contribution is -2.31. The number of hydrogen-bond acceptors (Lipinski definition) is 2. The van der Waals surface area contributed by atoms with E-state index in [4.69, 9.17) is 8.77 Å². The molecule has 2 nitrogen and oxygen atoms in total. The van der Waals surface area contributed by atoms with E-state index in [9.17, 15) is 0 Å². The van der Waals surface area contributed by atoms with Crippen molar-refractivity contribution in [3.05, 3.63) is 0 Å². The summed E-state index contributed by atoms with van der Waals surface area (Å²) in [5.74, 6) is 0. The van der Waals surface area contributed by atoms with Crippen LogP contribution in [0.4, 0.5) is 0 Å². The van der Waals surface area contributed by atoms with Crippen molar-refractivity contribution in [3.63, 3.8) is 0 Å². The largest absolute Gasteiger partial charge is 0.463 e. The fourth-order valence-corrected chi connectivity index (χ4v) is 0.250. The maximum absolute atomic E-state index is 5.00. The molecular weight excluding hydrogens is 107 g/mol. The van der Waals surface area contributed by atoms with Gasteiger partial charge in [0.05, 0.1) is 0 Å². The third kappa shape index (κ3) is 2.85. The molecule has 0 aromatic heterocycles. The molecule has 42 valence electrons. The second kappa shape index (κ2) is 2.49. The average Bonchev–Trinajstić information content (AvgIpc) is 1.68. The standard InChI is InChI=1S/C3H11BO2Si/c1-5-7(2,3)6-4/h4H2,1-3H3. The highest BCUT2D eigenvalue weighted by Gasteiger charge is 2.18. The van der Waals surface area contributed by atoms with Gasteiger partial charge in [0.25, 0.3) is 0 Å². The summed E-state index contributed by atoms with van der Waals surface area (Å²) < 4.78 is 10.0. The SMILES string of the molecule is BO[Si](C)(C)OC. The van der Waals surface area contributed by atoms with Gasteiger partial charge in [0.2, 0.25) is 8.05 Å². The van der Waals surface area contributed by atoms with Crippen molar-refractivity contribution in [2.75, 3.05) is 7.11 Å². The predicted molar refractivity (Wildman–Crippen MR) is 34.1 cm³/mol. The van der Waals surface area contributed by atoms with Gasteiger partial charge in [0, 0.05) is 7.11 Å². The fourth-order valence-electron chi connectivity index (χ4n) is 0.0833. The Morgan fingerprint density at radius 1 is 1.43 bits per heavy atom. The summed E-state index contributed by atoms with van der Waals surface area (Å²) in [5.41, 5.74) is 0. The Balaban J connectivity index is 3.36. The van der Waals surface area contributed by atoms with Crippen molar-refractivity contribution < 1.29 is 8.77 Å². The zero-order chi connectivity index (χ0) is 5.91. The Morgan fingerprint density at radius 2 is 1.86 bits per heavy atom. The van der Waals surface area contributed by atoms with Crippen molar-refractivity contribution in [3.8, 4) is 0 Å². The van der Waals surface area contributed by atoms with Gasteiger partial charge in [-0.3, -0.25) is 0 Å². The van der Waals surface area contributed by atoms with Gasteiger partial charge in [0.1, 0.15) is 0 Å². The molecule has 0 spiro atoms. The van der Waals surface area contributed by atoms with Gasteiger partial charge in [-0.15, -0.1) is 0 Å². The van der Waals surface area contributed by atoms with E-state index < -0.39 is 8.56 Å². The van der Waals surface area contributed by atoms with Gasteiger partial charge >= 0.3 is 8.56 Å². The van der Waals surface area contributed by atoms with Crippen LogP contribution in [0.25, 0.3) is 0 Å². The van der Waals surface area contributed by atoms with Gasteiger partial charge in [-0.05, 0) is 13.1 Å². The average molecular weight is 118 g/mol. The second-order valence-corrected chi connectivity index (χ2v) is 5.42. The summed E-state index contributed by atoms with van der Waals surface area (Å²) in [6.07, 6.45) is 0. The summed E-state index contributed by atoms with van der Waals surface area (Å²) in [5, 5.41) is 0. The van der Waals surface area contributed by atoms with E-state index in [2.05, 4.69) is 0 Å². The van der Waals surface area contributed by atoms with E-state index in [0.717, 1.165) is 0 Å². The zero-order valence-electron chi connectivity index (χ0n) is 5.32. The van der Waals surface area contributed by atoms with Crippen LogP contribution in [0.2, 0.25) is 13.1 Å². The lowest BCUT2D eigenvalue weighted by Gasteiger charge is -2.16. The molecule has 0 aromatic rings. The van der Waals surface area contributed by atoms with Crippen molar-refractivity contribution in [1.82, 2.24) is 0 Å². The molecule has 0 saturated carbocycles. The van der Waals surface area contributed by atoms with Gasteiger partial charge < -0.3 is 8.77 Å². The first-order valence-corrected chi connectivity index (χ1v) is 5.04. The maximum atomic E-state index is 5.00. The maximum Gasteiger partial charge on any atom is 0.316 e. The third-order valence-electron chi connectivity index (χ3n) is 0.983. The third-order valence-corrected chi connectivity index (χ3v) is 2.95. The molecule has 0 aromatic carbocycles. The number of hydrogen-bond donors (Lipinski definition) is 0. The van der Waals surface area contributed by atoms with Crippen LogP contribution in [0.15, 0.2) is 0 Å². The number of rotatable bonds is 2. The monoisotopic (exact) mass is 118 g/mol. The molecule has 0 rings (SSSR count). The first-order chi connectivity index (χ1) is 3.12. The Bertz CT molecular complexity index is 50.9. The van der Waals surface area contributed by atoms with Gasteiger partial charge in [-0.1, -0.05) is 0 Å². The van der Waals surface area contributed by atoms with Crippen molar-refractivity contribution in [2.24, 2.45) is 0 Å². The Labute approximate surface area is 46.5 Å². The summed E-state index contributed by atoms with van der Waals surface area (Å²) in [4.78, 5) is 0. The van der Waals surface area contributed by atoms with Crippen LogP contribution in [0, 0.1) is 0 Å². The van der Waals surface area contributed by atoms with E-state index in [1.165, 1.54) is 0 Å². The fraction of sp³-hybridized carbons (Fsp3) is 1.00. The molecule has 0 bridgehead atoms.